The van der Waals surface area contributed by atoms with Gasteiger partial charge in [0.15, 0.2) is 4.34 Å². The van der Waals surface area contributed by atoms with Gasteiger partial charge in [0.05, 0.1) is 22.8 Å². The number of nitrogens with one attached hydrogen (secondary N) is 2. The number of thioether (sulfide) groups is 1. The molecule has 10 heteroatoms. The van der Waals surface area contributed by atoms with Crippen LogP contribution in [0.25, 0.3) is 0 Å². The van der Waals surface area contributed by atoms with E-state index in [1.54, 1.807) is 13.8 Å². The lowest BCUT2D eigenvalue weighted by Gasteiger charge is -2.06. The molecule has 0 aliphatic heterocycles. The molecule has 0 saturated carbocycles. The number of rotatable bonds is 7. The second-order valence-corrected chi connectivity index (χ2v) is 8.25. The molecule has 0 aliphatic carbocycles. The fourth-order valence-electron chi connectivity index (χ4n) is 2.07. The van der Waals surface area contributed by atoms with Crippen molar-refractivity contribution in [2.24, 2.45) is 0 Å². The molecule has 2 amide bonds. The van der Waals surface area contributed by atoms with E-state index in [-0.39, 0.29) is 29.7 Å². The summed E-state index contributed by atoms with van der Waals surface area (Å²) >= 11 is 3.85. The Hall–Kier alpha value is -1.91. The van der Waals surface area contributed by atoms with E-state index >= 15 is 0 Å². The van der Waals surface area contributed by atoms with Crippen LogP contribution in [0, 0.1) is 13.8 Å². The third-order valence-electron chi connectivity index (χ3n) is 3.24. The molecule has 0 fully saturated rings. The average molecular weight is 414 g/mol. The number of carbonyl (C=O) groups excluding carboxylic acids is 3. The first-order valence-corrected chi connectivity index (χ1v) is 10.4. The molecule has 0 spiro atoms. The summed E-state index contributed by atoms with van der Waals surface area (Å²) < 4.78 is 5.86. The van der Waals surface area contributed by atoms with E-state index < -0.39 is 5.97 Å². The highest BCUT2D eigenvalue weighted by atomic mass is 32.2. The van der Waals surface area contributed by atoms with Crippen LogP contribution in [-0.2, 0) is 9.53 Å². The Morgan fingerprint density at radius 1 is 1.31 bits per heavy atom. The standard InChI is InChI=1S/C16H19N3O4S3/c1-5-23-15(22)11-9(3)12(13(21)17-4)26-14(11)19-10(20)7-25-16-18-8(2)6-24-16/h6H,5,7H2,1-4H3,(H,17,21)(H,19,20). The Bertz CT molecular complexity index is 829. The van der Waals surface area contributed by atoms with E-state index in [1.807, 2.05) is 12.3 Å². The first kappa shape index (κ1) is 20.4. The third kappa shape index (κ3) is 4.83. The van der Waals surface area contributed by atoms with E-state index in [0.717, 1.165) is 21.4 Å². The number of nitrogens with zero attached hydrogens (tertiary/aromatic N) is 1. The lowest BCUT2D eigenvalue weighted by molar-refractivity contribution is -0.113. The lowest BCUT2D eigenvalue weighted by atomic mass is 10.1. The Morgan fingerprint density at radius 2 is 2.04 bits per heavy atom. The van der Waals surface area contributed by atoms with Crippen LogP contribution >= 0.6 is 34.4 Å². The van der Waals surface area contributed by atoms with E-state index in [4.69, 9.17) is 4.74 Å². The number of thiazole rings is 1. The first-order chi connectivity index (χ1) is 12.4. The van der Waals surface area contributed by atoms with Gasteiger partial charge in [-0.15, -0.1) is 22.7 Å². The zero-order valence-electron chi connectivity index (χ0n) is 14.8. The van der Waals surface area contributed by atoms with Gasteiger partial charge in [0, 0.05) is 18.1 Å². The molecule has 2 rings (SSSR count). The van der Waals surface area contributed by atoms with Gasteiger partial charge < -0.3 is 15.4 Å². The average Bonchev–Trinajstić information content (AvgIpc) is 3.15. The quantitative estimate of drug-likeness (QED) is 0.535. The fraction of sp³-hybridized carbons (Fsp3) is 0.375. The number of aromatic nitrogens is 1. The molecule has 7 nitrogen and oxygen atoms in total. The van der Waals surface area contributed by atoms with Crippen LogP contribution in [0.3, 0.4) is 0 Å². The molecular weight excluding hydrogens is 394 g/mol. The van der Waals surface area contributed by atoms with Crippen molar-refractivity contribution in [2.45, 2.75) is 25.1 Å². The summed E-state index contributed by atoms with van der Waals surface area (Å²) in [4.78, 5) is 41.2. The Labute approximate surface area is 163 Å². The summed E-state index contributed by atoms with van der Waals surface area (Å²) in [5.74, 6) is -0.999. The minimum Gasteiger partial charge on any atom is -0.462 e. The molecule has 2 heterocycles. The smallest absolute Gasteiger partial charge is 0.341 e. The molecule has 0 bridgehead atoms. The number of amides is 2. The van der Waals surface area contributed by atoms with Crippen LogP contribution in [0.4, 0.5) is 5.00 Å². The maximum Gasteiger partial charge on any atom is 0.341 e. The molecular formula is C16H19N3O4S3. The van der Waals surface area contributed by atoms with Crippen molar-refractivity contribution in [1.82, 2.24) is 10.3 Å². The minimum atomic E-state index is -0.560. The number of ether oxygens (including phenoxy) is 1. The zero-order chi connectivity index (χ0) is 19.3. The molecule has 0 aromatic carbocycles. The number of esters is 1. The van der Waals surface area contributed by atoms with Gasteiger partial charge in [0.2, 0.25) is 5.91 Å². The molecule has 0 saturated heterocycles. The van der Waals surface area contributed by atoms with Crippen molar-refractivity contribution in [1.29, 1.82) is 0 Å². The molecule has 26 heavy (non-hydrogen) atoms. The van der Waals surface area contributed by atoms with Gasteiger partial charge in [0.25, 0.3) is 5.91 Å². The van der Waals surface area contributed by atoms with Gasteiger partial charge in [-0.2, -0.15) is 0 Å². The molecule has 2 N–H and O–H groups in total. The lowest BCUT2D eigenvalue weighted by Crippen LogP contribution is -2.18. The monoisotopic (exact) mass is 413 g/mol. The highest BCUT2D eigenvalue weighted by Gasteiger charge is 2.26. The van der Waals surface area contributed by atoms with Gasteiger partial charge in [-0.3, -0.25) is 9.59 Å². The van der Waals surface area contributed by atoms with E-state index in [0.29, 0.717) is 15.4 Å². The van der Waals surface area contributed by atoms with Crippen LogP contribution in [0.5, 0.6) is 0 Å². The van der Waals surface area contributed by atoms with Crippen molar-refractivity contribution in [3.63, 3.8) is 0 Å². The summed E-state index contributed by atoms with van der Waals surface area (Å²) in [5, 5.41) is 7.49. The van der Waals surface area contributed by atoms with E-state index in [1.165, 1.54) is 30.1 Å². The van der Waals surface area contributed by atoms with Crippen molar-refractivity contribution in [2.75, 3.05) is 24.7 Å². The summed E-state index contributed by atoms with van der Waals surface area (Å²) in [6.45, 7) is 5.46. The van der Waals surface area contributed by atoms with Crippen LogP contribution < -0.4 is 10.6 Å². The predicted octanol–water partition coefficient (Wildman–Crippen LogP) is 3.09. The van der Waals surface area contributed by atoms with E-state index in [2.05, 4.69) is 15.6 Å². The van der Waals surface area contributed by atoms with Crippen LogP contribution in [0.2, 0.25) is 0 Å². The van der Waals surface area contributed by atoms with Gasteiger partial charge in [-0.1, -0.05) is 11.8 Å². The Morgan fingerprint density at radius 3 is 2.62 bits per heavy atom. The Balaban J connectivity index is 2.19. The van der Waals surface area contributed by atoms with Gasteiger partial charge in [-0.25, -0.2) is 9.78 Å². The topological polar surface area (TPSA) is 97.4 Å². The number of hydrogen-bond acceptors (Lipinski definition) is 8. The third-order valence-corrected chi connectivity index (χ3v) is 6.58. The molecule has 0 atom stereocenters. The number of anilines is 1. The second-order valence-electron chi connectivity index (χ2n) is 5.15. The van der Waals surface area contributed by atoms with Crippen molar-refractivity contribution in [3.8, 4) is 0 Å². The van der Waals surface area contributed by atoms with Crippen LogP contribution in [0.15, 0.2) is 9.72 Å². The molecule has 140 valence electrons. The van der Waals surface area contributed by atoms with E-state index in [9.17, 15) is 14.4 Å². The van der Waals surface area contributed by atoms with Crippen molar-refractivity contribution >= 4 is 57.2 Å². The highest BCUT2D eigenvalue weighted by molar-refractivity contribution is 8.01. The molecule has 2 aromatic rings. The van der Waals surface area contributed by atoms with Crippen molar-refractivity contribution in [3.05, 3.63) is 27.1 Å². The molecule has 0 aliphatic rings. The number of aryl methyl sites for hydroxylation is 1. The second kappa shape index (κ2) is 9.15. The largest absolute Gasteiger partial charge is 0.462 e. The fourth-order valence-corrected chi connectivity index (χ4v) is 4.88. The van der Waals surface area contributed by atoms with Crippen LogP contribution in [0.1, 0.15) is 38.2 Å². The van der Waals surface area contributed by atoms with Crippen LogP contribution in [-0.4, -0.2) is 42.2 Å². The normalized spacial score (nSPS) is 10.5. The van der Waals surface area contributed by atoms with Crippen molar-refractivity contribution < 1.29 is 19.1 Å². The summed E-state index contributed by atoms with van der Waals surface area (Å²) in [7, 11) is 1.51. The molecule has 0 unspecified atom stereocenters. The SMILES string of the molecule is CCOC(=O)c1c(NC(=O)CSc2nc(C)cs2)sc(C(=O)NC)c1C. The predicted molar refractivity (Wildman–Crippen MR) is 105 cm³/mol. The summed E-state index contributed by atoms with van der Waals surface area (Å²) in [6, 6.07) is 0. The molecule has 2 aromatic heterocycles. The number of carbonyl (C=O) groups is 3. The van der Waals surface area contributed by atoms with Gasteiger partial charge >= 0.3 is 5.97 Å². The summed E-state index contributed by atoms with van der Waals surface area (Å²) in [6.07, 6.45) is 0. The molecule has 0 radical (unpaired) electrons. The van der Waals surface area contributed by atoms with Gasteiger partial charge in [-0.05, 0) is 26.3 Å². The number of thiophene rings is 1. The zero-order valence-corrected chi connectivity index (χ0v) is 17.2. The van der Waals surface area contributed by atoms with Gasteiger partial charge in [0.1, 0.15) is 5.00 Å². The highest BCUT2D eigenvalue weighted by Crippen LogP contribution is 2.34. The number of hydrogen-bond donors (Lipinski definition) is 2. The maximum absolute atomic E-state index is 12.3. The maximum atomic E-state index is 12.3. The Kier molecular flexibility index (Phi) is 7.18. The minimum absolute atomic E-state index is 0.154. The first-order valence-electron chi connectivity index (χ1n) is 7.74. The summed E-state index contributed by atoms with van der Waals surface area (Å²) in [5.41, 5.74) is 1.62.